The lowest BCUT2D eigenvalue weighted by Gasteiger charge is -2.09. The average Bonchev–Trinajstić information content (AvgIpc) is 2.77. The van der Waals surface area contributed by atoms with Crippen LogP contribution in [0.25, 0.3) is 11.0 Å². The Morgan fingerprint density at radius 2 is 1.53 bits per heavy atom. The summed E-state index contributed by atoms with van der Waals surface area (Å²) in [6.07, 6.45) is 0. The first-order valence-corrected chi connectivity index (χ1v) is 11.3. The summed E-state index contributed by atoms with van der Waals surface area (Å²) in [7, 11) is -3.93. The molecule has 0 fully saturated rings. The highest BCUT2D eigenvalue weighted by Gasteiger charge is 2.16. The minimum absolute atomic E-state index is 0.0470. The number of carbonyl (C=O) groups excluding carboxylic acids is 1. The number of amides is 1. The Morgan fingerprint density at radius 1 is 0.875 bits per heavy atom. The van der Waals surface area contributed by atoms with Crippen LogP contribution in [0.5, 0.6) is 0 Å². The van der Waals surface area contributed by atoms with Gasteiger partial charge < -0.3 is 9.73 Å². The van der Waals surface area contributed by atoms with E-state index in [2.05, 4.69) is 15.2 Å². The number of hydrogen-bond donors (Lipinski definition) is 2. The van der Waals surface area contributed by atoms with Gasteiger partial charge in [-0.1, -0.05) is 42.5 Å². The number of nitrogens with zero attached hydrogens (tertiary/aromatic N) is 1. The number of hydrogen-bond acceptors (Lipinski definition) is 5. The summed E-state index contributed by atoms with van der Waals surface area (Å²) >= 11 is 0. The van der Waals surface area contributed by atoms with Crippen LogP contribution in [-0.4, -0.2) is 14.3 Å². The number of para-hydroxylation sites is 1. The van der Waals surface area contributed by atoms with Gasteiger partial charge in [0.2, 0.25) is 5.55 Å². The topological polar surface area (TPSA) is 101 Å². The van der Waals surface area contributed by atoms with Crippen LogP contribution >= 0.6 is 0 Å². The highest BCUT2D eigenvalue weighted by atomic mass is 32.2. The molecule has 0 aliphatic heterocycles. The van der Waals surface area contributed by atoms with Gasteiger partial charge in [-0.3, -0.25) is 4.79 Å². The number of fused-ring (bicyclic) bond motifs is 1. The smallest absolute Gasteiger partial charge is 0.276 e. The minimum Gasteiger partial charge on any atom is -0.436 e. The van der Waals surface area contributed by atoms with Gasteiger partial charge in [-0.2, -0.15) is 13.2 Å². The van der Waals surface area contributed by atoms with Crippen molar-refractivity contribution in [1.82, 2.24) is 4.83 Å². The van der Waals surface area contributed by atoms with Gasteiger partial charge in [-0.15, -0.1) is 5.10 Å². The normalized spacial score (nSPS) is 12.0. The molecule has 0 aliphatic carbocycles. The molecule has 0 saturated heterocycles. The number of anilines is 1. The van der Waals surface area contributed by atoms with Gasteiger partial charge in [-0.05, 0) is 61.4 Å². The number of aryl methyl sites for hydroxylation is 2. The molecule has 1 heterocycles. The number of benzene rings is 3. The van der Waals surface area contributed by atoms with Gasteiger partial charge >= 0.3 is 0 Å². The molecule has 0 saturated carbocycles. The van der Waals surface area contributed by atoms with Gasteiger partial charge in [-0.25, -0.2) is 0 Å². The van der Waals surface area contributed by atoms with Crippen LogP contribution in [-0.2, 0) is 10.0 Å². The molecule has 1 amide bonds. The first-order chi connectivity index (χ1) is 15.3. The van der Waals surface area contributed by atoms with E-state index >= 15 is 0 Å². The van der Waals surface area contributed by atoms with Gasteiger partial charge in [0.05, 0.1) is 4.90 Å². The highest BCUT2D eigenvalue weighted by Crippen LogP contribution is 2.17. The summed E-state index contributed by atoms with van der Waals surface area (Å²) in [5.41, 5.74) is 3.04. The summed E-state index contributed by atoms with van der Waals surface area (Å²) in [6.45, 7) is 3.88. The fraction of sp³-hybridized carbons (Fsp3) is 0.0833. The van der Waals surface area contributed by atoms with E-state index in [9.17, 15) is 13.2 Å². The summed E-state index contributed by atoms with van der Waals surface area (Å²) in [6, 6.07) is 22.2. The van der Waals surface area contributed by atoms with E-state index in [1.807, 2.05) is 38.1 Å². The van der Waals surface area contributed by atoms with E-state index < -0.39 is 15.9 Å². The zero-order valence-corrected chi connectivity index (χ0v) is 18.3. The Kier molecular flexibility index (Phi) is 5.79. The highest BCUT2D eigenvalue weighted by molar-refractivity contribution is 7.89. The van der Waals surface area contributed by atoms with Crippen LogP contribution in [0.2, 0.25) is 0 Å². The van der Waals surface area contributed by atoms with E-state index in [1.54, 1.807) is 42.5 Å². The Labute approximate surface area is 185 Å². The van der Waals surface area contributed by atoms with E-state index in [-0.39, 0.29) is 16.0 Å². The zero-order valence-electron chi connectivity index (χ0n) is 17.5. The molecule has 0 bridgehead atoms. The Morgan fingerprint density at radius 3 is 2.25 bits per heavy atom. The van der Waals surface area contributed by atoms with Crippen molar-refractivity contribution in [2.45, 2.75) is 18.7 Å². The maximum Gasteiger partial charge on any atom is 0.276 e. The van der Waals surface area contributed by atoms with Gasteiger partial charge in [0.25, 0.3) is 15.9 Å². The van der Waals surface area contributed by atoms with Crippen LogP contribution in [0.1, 0.15) is 21.5 Å². The van der Waals surface area contributed by atoms with Crippen molar-refractivity contribution in [3.8, 4) is 0 Å². The second kappa shape index (κ2) is 8.68. The molecule has 4 rings (SSSR count). The molecule has 0 spiro atoms. The number of sulfonamides is 1. The van der Waals surface area contributed by atoms with Crippen LogP contribution < -0.4 is 15.7 Å². The summed E-state index contributed by atoms with van der Waals surface area (Å²) in [5.74, 6) is -0.470. The predicted octanol–water partition coefficient (Wildman–Crippen LogP) is 4.10. The third kappa shape index (κ3) is 4.70. The summed E-state index contributed by atoms with van der Waals surface area (Å²) < 4.78 is 30.9. The van der Waals surface area contributed by atoms with Crippen molar-refractivity contribution in [1.29, 1.82) is 0 Å². The van der Waals surface area contributed by atoms with Crippen molar-refractivity contribution < 1.29 is 17.6 Å². The first kappa shape index (κ1) is 21.3. The van der Waals surface area contributed by atoms with E-state index in [1.165, 1.54) is 12.1 Å². The van der Waals surface area contributed by atoms with E-state index in [4.69, 9.17) is 4.42 Å². The molecular formula is C24H21N3O4S. The molecule has 0 radical (unpaired) electrons. The monoisotopic (exact) mass is 447 g/mol. The Balaban J connectivity index is 1.76. The fourth-order valence-corrected chi connectivity index (χ4v) is 4.14. The molecule has 32 heavy (non-hydrogen) atoms. The maximum atomic E-state index is 13.1. The van der Waals surface area contributed by atoms with Crippen molar-refractivity contribution in [2.75, 3.05) is 5.32 Å². The molecule has 162 valence electrons. The van der Waals surface area contributed by atoms with Crippen molar-refractivity contribution in [2.24, 2.45) is 5.10 Å². The second-order valence-electron chi connectivity index (χ2n) is 7.35. The summed E-state index contributed by atoms with van der Waals surface area (Å²) in [4.78, 5) is 15.3. The zero-order chi connectivity index (χ0) is 22.7. The minimum atomic E-state index is -3.93. The molecule has 0 aliphatic rings. The largest absolute Gasteiger partial charge is 0.436 e. The second-order valence-corrected chi connectivity index (χ2v) is 9.01. The van der Waals surface area contributed by atoms with E-state index in [0.717, 1.165) is 11.1 Å². The lowest BCUT2D eigenvalue weighted by Crippen LogP contribution is -2.27. The van der Waals surface area contributed by atoms with Crippen molar-refractivity contribution in [3.63, 3.8) is 0 Å². The molecule has 0 unspecified atom stereocenters. The third-order valence-corrected chi connectivity index (χ3v) is 5.93. The van der Waals surface area contributed by atoms with Crippen LogP contribution in [0.15, 0.2) is 93.3 Å². The van der Waals surface area contributed by atoms with Crippen LogP contribution in [0, 0.1) is 13.8 Å². The Bertz CT molecular complexity index is 1460. The predicted molar refractivity (Wildman–Crippen MR) is 122 cm³/mol. The number of rotatable bonds is 5. The quantitative estimate of drug-likeness (QED) is 0.450. The number of nitrogens with one attached hydrogen (secondary N) is 2. The molecule has 3 aromatic carbocycles. The van der Waals surface area contributed by atoms with E-state index in [0.29, 0.717) is 16.7 Å². The fourth-order valence-electron chi connectivity index (χ4n) is 3.31. The van der Waals surface area contributed by atoms with Crippen molar-refractivity contribution in [3.05, 3.63) is 101 Å². The maximum absolute atomic E-state index is 13.1. The summed E-state index contributed by atoms with van der Waals surface area (Å²) in [5, 5.41) is 7.46. The standard InChI is InChI=1S/C24H21N3O4S/c1-16-12-17(2)14-19(13-16)25-23(28)21-15-18-8-6-7-11-22(18)31-24(21)26-27-32(29,30)20-9-4-3-5-10-20/h3-15,27H,1-2H3,(H,25,28)/b26-24+. The van der Waals surface area contributed by atoms with Gasteiger partial charge in [0.1, 0.15) is 11.1 Å². The molecule has 4 aromatic rings. The molecular weight excluding hydrogens is 426 g/mol. The molecule has 8 heteroatoms. The average molecular weight is 448 g/mol. The molecule has 1 aromatic heterocycles. The molecule has 7 nitrogen and oxygen atoms in total. The lowest BCUT2D eigenvalue weighted by molar-refractivity contribution is 0.102. The SMILES string of the molecule is Cc1cc(C)cc(NC(=O)c2cc3ccccc3o/c2=N/NS(=O)(=O)c2ccccc2)c1. The van der Waals surface area contributed by atoms with Gasteiger partial charge in [0.15, 0.2) is 0 Å². The number of carbonyl (C=O) groups is 1. The first-order valence-electron chi connectivity index (χ1n) is 9.85. The van der Waals surface area contributed by atoms with Gasteiger partial charge in [0, 0.05) is 11.1 Å². The van der Waals surface area contributed by atoms with Crippen molar-refractivity contribution >= 4 is 32.6 Å². The molecule has 0 atom stereocenters. The third-order valence-electron chi connectivity index (χ3n) is 4.70. The van der Waals surface area contributed by atoms with Crippen LogP contribution in [0.4, 0.5) is 5.69 Å². The van der Waals surface area contributed by atoms with Crippen LogP contribution in [0.3, 0.4) is 0 Å². The molecule has 2 N–H and O–H groups in total. The Hall–Kier alpha value is -3.91. The lowest BCUT2D eigenvalue weighted by atomic mass is 10.1.